The molecule has 1 aliphatic rings. The zero-order valence-electron chi connectivity index (χ0n) is 16.5. The van der Waals surface area contributed by atoms with Gasteiger partial charge in [-0.05, 0) is 31.0 Å². The van der Waals surface area contributed by atoms with E-state index < -0.39 is 11.4 Å². The molecule has 1 fully saturated rings. The average Bonchev–Trinajstić information content (AvgIpc) is 3.15. The number of anilines is 2. The molecule has 0 spiro atoms. The number of aliphatic carboxylic acids is 1. The second-order valence-corrected chi connectivity index (χ2v) is 7.50. The van der Waals surface area contributed by atoms with Crippen LogP contribution >= 0.6 is 0 Å². The predicted octanol–water partition coefficient (Wildman–Crippen LogP) is 2.63. The first-order valence-electron chi connectivity index (χ1n) is 9.68. The Hall–Kier alpha value is -3.82. The zero-order valence-corrected chi connectivity index (χ0v) is 16.5. The summed E-state index contributed by atoms with van der Waals surface area (Å²) in [6, 6.07) is 7.48. The van der Waals surface area contributed by atoms with Crippen molar-refractivity contribution in [3.05, 3.63) is 48.7 Å². The van der Waals surface area contributed by atoms with Crippen LogP contribution in [0.2, 0.25) is 0 Å². The molecule has 0 saturated heterocycles. The fourth-order valence-electron chi connectivity index (χ4n) is 3.92. The van der Waals surface area contributed by atoms with Gasteiger partial charge in [0, 0.05) is 37.0 Å². The first-order chi connectivity index (χ1) is 14.5. The van der Waals surface area contributed by atoms with Crippen molar-refractivity contribution in [2.45, 2.75) is 25.7 Å². The zero-order chi connectivity index (χ0) is 20.9. The van der Waals surface area contributed by atoms with Crippen LogP contribution < -0.4 is 5.32 Å². The van der Waals surface area contributed by atoms with E-state index in [1.807, 2.05) is 48.8 Å². The highest BCUT2D eigenvalue weighted by Crippen LogP contribution is 2.61. The van der Waals surface area contributed by atoms with Crippen LogP contribution in [0.25, 0.3) is 16.9 Å². The van der Waals surface area contributed by atoms with Crippen molar-refractivity contribution < 1.29 is 9.90 Å². The van der Waals surface area contributed by atoms with Gasteiger partial charge in [-0.2, -0.15) is 5.10 Å². The normalized spacial score (nSPS) is 20.4. The van der Waals surface area contributed by atoms with Crippen LogP contribution in [0.3, 0.4) is 0 Å². The van der Waals surface area contributed by atoms with Gasteiger partial charge in [-0.15, -0.1) is 10.2 Å². The van der Waals surface area contributed by atoms with Crippen molar-refractivity contribution >= 4 is 23.4 Å². The van der Waals surface area contributed by atoms with Gasteiger partial charge in [-0.3, -0.25) is 13.9 Å². The van der Waals surface area contributed by atoms with Crippen LogP contribution in [0.15, 0.2) is 42.9 Å². The number of nitrogens with one attached hydrogen (secondary N) is 1. The maximum absolute atomic E-state index is 11.7. The van der Waals surface area contributed by atoms with Crippen LogP contribution in [-0.2, 0) is 11.8 Å². The number of carboxylic acid groups (broad SMARTS) is 1. The monoisotopic (exact) mass is 404 g/mol. The molecule has 0 radical (unpaired) electrons. The highest BCUT2D eigenvalue weighted by molar-refractivity contribution is 5.80. The Morgan fingerprint density at radius 3 is 2.87 bits per heavy atom. The van der Waals surface area contributed by atoms with Crippen LogP contribution in [0.4, 0.5) is 11.8 Å². The van der Waals surface area contributed by atoms with Gasteiger partial charge in [0.25, 0.3) is 0 Å². The summed E-state index contributed by atoms with van der Waals surface area (Å²) >= 11 is 0. The molecule has 10 heteroatoms. The minimum absolute atomic E-state index is 0.116. The van der Waals surface area contributed by atoms with E-state index in [2.05, 4.69) is 30.6 Å². The van der Waals surface area contributed by atoms with Crippen molar-refractivity contribution in [2.75, 3.05) is 5.32 Å². The second kappa shape index (κ2) is 6.61. The lowest BCUT2D eigenvalue weighted by atomic mass is 10.0. The molecule has 4 heterocycles. The molecule has 1 saturated carbocycles. The van der Waals surface area contributed by atoms with Crippen LogP contribution in [-0.4, -0.2) is 45.4 Å². The van der Waals surface area contributed by atoms with Gasteiger partial charge >= 0.3 is 5.97 Å². The summed E-state index contributed by atoms with van der Waals surface area (Å²) in [6.45, 7) is 1.90. The lowest BCUT2D eigenvalue weighted by Crippen LogP contribution is -2.16. The SMILES string of the molecule is CCC1(C(=O)O)CC1c1nnc2cc(-c3ccnc(Nc4ccnn4C)n3)ccn12. The minimum Gasteiger partial charge on any atom is -0.481 e. The number of carboxylic acids is 1. The number of hydrogen-bond acceptors (Lipinski definition) is 7. The number of hydrogen-bond donors (Lipinski definition) is 2. The Balaban J connectivity index is 1.45. The van der Waals surface area contributed by atoms with E-state index in [9.17, 15) is 9.90 Å². The number of aryl methyl sites for hydroxylation is 1. The van der Waals surface area contributed by atoms with Crippen LogP contribution in [0.5, 0.6) is 0 Å². The molecule has 0 amide bonds. The van der Waals surface area contributed by atoms with E-state index in [4.69, 9.17) is 0 Å². The molecule has 4 aromatic rings. The summed E-state index contributed by atoms with van der Waals surface area (Å²) in [6.07, 6.45) is 6.42. The molecular weight excluding hydrogens is 384 g/mol. The molecule has 10 nitrogen and oxygen atoms in total. The maximum Gasteiger partial charge on any atom is 0.310 e. The standard InChI is InChI=1S/C20H20N8O2/c1-3-20(18(29)30)11-13(20)17-26-25-16-10-12(6-9-28(16)17)14-4-7-21-19(23-14)24-15-5-8-22-27(15)2/h4-10,13H,3,11H2,1-2H3,(H,29,30)(H,21,23,24). The highest BCUT2D eigenvalue weighted by Gasteiger charge is 2.61. The molecule has 2 atom stereocenters. The number of fused-ring (bicyclic) bond motifs is 1. The minimum atomic E-state index is -0.766. The number of carbonyl (C=O) groups is 1. The molecule has 30 heavy (non-hydrogen) atoms. The predicted molar refractivity (Wildman–Crippen MR) is 108 cm³/mol. The summed E-state index contributed by atoms with van der Waals surface area (Å²) in [5.74, 6) is 1.06. The molecular formula is C20H20N8O2. The summed E-state index contributed by atoms with van der Waals surface area (Å²) in [5, 5.41) is 25.4. The molecule has 0 bridgehead atoms. The van der Waals surface area contributed by atoms with Crippen LogP contribution in [0, 0.1) is 5.41 Å². The highest BCUT2D eigenvalue weighted by atomic mass is 16.4. The first-order valence-corrected chi connectivity index (χ1v) is 9.68. The molecule has 1 aliphatic carbocycles. The first kappa shape index (κ1) is 18.2. The largest absolute Gasteiger partial charge is 0.481 e. The van der Waals surface area contributed by atoms with Gasteiger partial charge < -0.3 is 10.4 Å². The van der Waals surface area contributed by atoms with Crippen molar-refractivity contribution in [3.63, 3.8) is 0 Å². The topological polar surface area (TPSA) is 123 Å². The van der Waals surface area contributed by atoms with Crippen molar-refractivity contribution in [2.24, 2.45) is 12.5 Å². The number of rotatable bonds is 6. The van der Waals surface area contributed by atoms with E-state index in [0.717, 1.165) is 17.1 Å². The van der Waals surface area contributed by atoms with E-state index in [1.54, 1.807) is 17.1 Å². The number of nitrogens with zero attached hydrogens (tertiary/aromatic N) is 7. The van der Waals surface area contributed by atoms with E-state index in [1.165, 1.54) is 0 Å². The van der Waals surface area contributed by atoms with Gasteiger partial charge in [0.1, 0.15) is 11.6 Å². The Labute approximate surface area is 171 Å². The van der Waals surface area contributed by atoms with Crippen molar-refractivity contribution in [1.82, 2.24) is 34.3 Å². The Morgan fingerprint density at radius 2 is 2.17 bits per heavy atom. The van der Waals surface area contributed by atoms with Gasteiger partial charge in [0.05, 0.1) is 17.3 Å². The Morgan fingerprint density at radius 1 is 1.30 bits per heavy atom. The lowest BCUT2D eigenvalue weighted by Gasteiger charge is -2.09. The lowest BCUT2D eigenvalue weighted by molar-refractivity contribution is -0.143. The molecule has 4 aromatic heterocycles. The summed E-state index contributed by atoms with van der Waals surface area (Å²) < 4.78 is 3.57. The maximum atomic E-state index is 11.7. The van der Waals surface area contributed by atoms with E-state index in [0.29, 0.717) is 30.3 Å². The molecule has 152 valence electrons. The van der Waals surface area contributed by atoms with Crippen LogP contribution in [0.1, 0.15) is 31.5 Å². The van der Waals surface area contributed by atoms with E-state index >= 15 is 0 Å². The van der Waals surface area contributed by atoms with Gasteiger partial charge in [0.15, 0.2) is 5.65 Å². The smallest absolute Gasteiger partial charge is 0.310 e. The Bertz CT molecular complexity index is 1260. The van der Waals surface area contributed by atoms with Crippen molar-refractivity contribution in [1.29, 1.82) is 0 Å². The van der Waals surface area contributed by atoms with Gasteiger partial charge in [0.2, 0.25) is 5.95 Å². The number of aromatic nitrogens is 7. The third-order valence-corrected chi connectivity index (χ3v) is 5.89. The fraction of sp³-hybridized carbons (Fsp3) is 0.300. The summed E-state index contributed by atoms with van der Waals surface area (Å²) in [7, 11) is 1.83. The fourth-order valence-corrected chi connectivity index (χ4v) is 3.92. The average molecular weight is 404 g/mol. The quantitative estimate of drug-likeness (QED) is 0.503. The van der Waals surface area contributed by atoms with Gasteiger partial charge in [-0.1, -0.05) is 6.92 Å². The molecule has 2 unspecified atom stereocenters. The second-order valence-electron chi connectivity index (χ2n) is 7.50. The summed E-state index contributed by atoms with van der Waals surface area (Å²) in [4.78, 5) is 20.5. The molecule has 0 aliphatic heterocycles. The van der Waals surface area contributed by atoms with Gasteiger partial charge in [-0.25, -0.2) is 9.97 Å². The third-order valence-electron chi connectivity index (χ3n) is 5.89. The number of pyridine rings is 1. The molecule has 2 N–H and O–H groups in total. The molecule has 5 rings (SSSR count). The van der Waals surface area contributed by atoms with Crippen molar-refractivity contribution in [3.8, 4) is 11.3 Å². The molecule has 0 aromatic carbocycles. The summed E-state index contributed by atoms with van der Waals surface area (Å²) in [5.41, 5.74) is 1.54. The third kappa shape index (κ3) is 2.79. The Kier molecular flexibility index (Phi) is 4.02. The van der Waals surface area contributed by atoms with E-state index in [-0.39, 0.29) is 5.92 Å².